The van der Waals surface area contributed by atoms with Gasteiger partial charge >= 0.3 is 0 Å². The molecule has 0 aliphatic carbocycles. The van der Waals surface area contributed by atoms with Crippen LogP contribution in [0.5, 0.6) is 0 Å². The molecule has 0 radical (unpaired) electrons. The molecule has 5 heteroatoms. The lowest BCUT2D eigenvalue weighted by molar-refractivity contribution is 0.0986. The second-order valence-corrected chi connectivity index (χ2v) is 4.00. The number of carbonyl (C=O) groups excluding carboxylic acids is 1. The predicted molar refractivity (Wildman–Crippen MR) is 69.6 cm³/mol. The Bertz CT molecular complexity index is 599. The third kappa shape index (κ3) is 2.80. The fourth-order valence-corrected chi connectivity index (χ4v) is 1.77. The van der Waals surface area contributed by atoms with E-state index in [1.807, 2.05) is 36.4 Å². The van der Waals surface area contributed by atoms with Crippen molar-refractivity contribution in [1.29, 1.82) is 5.26 Å². The van der Waals surface area contributed by atoms with Crippen LogP contribution in [0.4, 0.5) is 5.69 Å². The molecule has 0 fully saturated rings. The number of rotatable bonds is 4. The Balaban J connectivity index is 2.31. The van der Waals surface area contributed by atoms with Crippen molar-refractivity contribution in [1.82, 2.24) is 5.16 Å². The van der Waals surface area contributed by atoms with Crippen molar-refractivity contribution in [3.63, 3.8) is 0 Å². The SMILES string of the molecule is Cc1oncc1C(=O)N(CCC#N)c1ccccc1. The van der Waals surface area contributed by atoms with Gasteiger partial charge in [0, 0.05) is 12.2 Å². The lowest BCUT2D eigenvalue weighted by Gasteiger charge is -2.21. The molecule has 2 rings (SSSR count). The van der Waals surface area contributed by atoms with Gasteiger partial charge in [0.25, 0.3) is 5.91 Å². The van der Waals surface area contributed by atoms with Crippen molar-refractivity contribution in [3.8, 4) is 6.07 Å². The quantitative estimate of drug-likeness (QED) is 0.841. The van der Waals surface area contributed by atoms with Crippen molar-refractivity contribution in [2.24, 2.45) is 0 Å². The first-order valence-corrected chi connectivity index (χ1v) is 5.89. The molecule has 0 N–H and O–H groups in total. The van der Waals surface area contributed by atoms with Crippen LogP contribution in [-0.4, -0.2) is 17.6 Å². The molecule has 1 heterocycles. The number of para-hydroxylation sites is 1. The van der Waals surface area contributed by atoms with Crippen molar-refractivity contribution in [2.75, 3.05) is 11.4 Å². The van der Waals surface area contributed by atoms with Crippen LogP contribution < -0.4 is 4.90 Å². The highest BCUT2D eigenvalue weighted by Crippen LogP contribution is 2.18. The zero-order chi connectivity index (χ0) is 13.7. The molecule has 2 aromatic rings. The second-order valence-electron chi connectivity index (χ2n) is 4.00. The van der Waals surface area contributed by atoms with Crippen LogP contribution in [-0.2, 0) is 0 Å². The smallest absolute Gasteiger partial charge is 0.263 e. The molecule has 0 bridgehead atoms. The summed E-state index contributed by atoms with van der Waals surface area (Å²) in [4.78, 5) is 14.0. The van der Waals surface area contributed by atoms with Gasteiger partial charge in [0.2, 0.25) is 0 Å². The van der Waals surface area contributed by atoms with E-state index in [1.165, 1.54) is 6.20 Å². The molecule has 0 unspecified atom stereocenters. The van der Waals surface area contributed by atoms with E-state index in [1.54, 1.807) is 11.8 Å². The average molecular weight is 255 g/mol. The summed E-state index contributed by atoms with van der Waals surface area (Å²) in [6.45, 7) is 2.03. The monoisotopic (exact) mass is 255 g/mol. The van der Waals surface area contributed by atoms with Crippen LogP contribution in [0.15, 0.2) is 41.1 Å². The highest BCUT2D eigenvalue weighted by molar-refractivity contribution is 6.06. The molecule has 1 aromatic carbocycles. The van der Waals surface area contributed by atoms with Gasteiger partial charge in [-0.3, -0.25) is 4.79 Å². The minimum atomic E-state index is -0.208. The van der Waals surface area contributed by atoms with Gasteiger partial charge in [0.1, 0.15) is 11.3 Å². The van der Waals surface area contributed by atoms with Crippen LogP contribution >= 0.6 is 0 Å². The molecule has 0 spiro atoms. The minimum Gasteiger partial charge on any atom is -0.361 e. The number of nitriles is 1. The number of hydrogen-bond donors (Lipinski definition) is 0. The molecule has 96 valence electrons. The number of aromatic nitrogens is 1. The highest BCUT2D eigenvalue weighted by atomic mass is 16.5. The van der Waals surface area contributed by atoms with Crippen LogP contribution in [0.25, 0.3) is 0 Å². The van der Waals surface area contributed by atoms with Crippen molar-refractivity contribution in [3.05, 3.63) is 47.9 Å². The van der Waals surface area contributed by atoms with Gasteiger partial charge in [-0.2, -0.15) is 5.26 Å². The molecule has 0 saturated carbocycles. The van der Waals surface area contributed by atoms with E-state index in [0.29, 0.717) is 17.9 Å². The van der Waals surface area contributed by atoms with E-state index < -0.39 is 0 Å². The maximum absolute atomic E-state index is 12.4. The Morgan fingerprint density at radius 3 is 2.74 bits per heavy atom. The van der Waals surface area contributed by atoms with Crippen molar-refractivity contribution >= 4 is 11.6 Å². The molecular weight excluding hydrogens is 242 g/mol. The van der Waals surface area contributed by atoms with Gasteiger partial charge in [-0.25, -0.2) is 0 Å². The first-order valence-electron chi connectivity index (χ1n) is 5.89. The number of benzene rings is 1. The first-order chi connectivity index (χ1) is 9.24. The molecule has 1 amide bonds. The van der Waals surface area contributed by atoms with E-state index in [0.717, 1.165) is 5.69 Å². The topological polar surface area (TPSA) is 70.1 Å². The average Bonchev–Trinajstić information content (AvgIpc) is 2.86. The molecule has 0 saturated heterocycles. The zero-order valence-electron chi connectivity index (χ0n) is 10.5. The first kappa shape index (κ1) is 12.8. The van der Waals surface area contributed by atoms with Gasteiger partial charge in [0.05, 0.1) is 18.7 Å². The highest BCUT2D eigenvalue weighted by Gasteiger charge is 2.21. The minimum absolute atomic E-state index is 0.208. The standard InChI is InChI=1S/C14H13N3O2/c1-11-13(10-16-19-11)14(18)17(9-5-8-15)12-6-3-2-4-7-12/h2-4,6-7,10H,5,9H2,1H3. The number of carbonyl (C=O) groups is 1. The third-order valence-corrected chi connectivity index (χ3v) is 2.74. The van der Waals surface area contributed by atoms with Gasteiger partial charge in [-0.1, -0.05) is 23.4 Å². The Morgan fingerprint density at radius 2 is 2.16 bits per heavy atom. The number of anilines is 1. The van der Waals surface area contributed by atoms with E-state index in [-0.39, 0.29) is 12.3 Å². The fourth-order valence-electron chi connectivity index (χ4n) is 1.77. The van der Waals surface area contributed by atoms with Crippen LogP contribution in [0.3, 0.4) is 0 Å². The van der Waals surface area contributed by atoms with Gasteiger partial charge in [0.15, 0.2) is 0 Å². The maximum Gasteiger partial charge on any atom is 0.263 e. The third-order valence-electron chi connectivity index (χ3n) is 2.74. The molecule has 19 heavy (non-hydrogen) atoms. The number of aryl methyl sites for hydroxylation is 1. The lowest BCUT2D eigenvalue weighted by Crippen LogP contribution is -2.31. The summed E-state index contributed by atoms with van der Waals surface area (Å²) in [5.74, 6) is 0.267. The van der Waals surface area contributed by atoms with E-state index in [9.17, 15) is 4.79 Å². The van der Waals surface area contributed by atoms with Crippen LogP contribution in [0.1, 0.15) is 22.5 Å². The summed E-state index contributed by atoms with van der Waals surface area (Å²) in [6.07, 6.45) is 1.67. The van der Waals surface area contributed by atoms with E-state index in [2.05, 4.69) is 5.16 Å². The normalized spacial score (nSPS) is 9.89. The zero-order valence-corrected chi connectivity index (χ0v) is 10.5. The summed E-state index contributed by atoms with van der Waals surface area (Å²) >= 11 is 0. The Hall–Kier alpha value is -2.61. The largest absolute Gasteiger partial charge is 0.361 e. The molecule has 0 aliphatic rings. The summed E-state index contributed by atoms with van der Waals surface area (Å²) < 4.78 is 4.91. The van der Waals surface area contributed by atoms with Crippen LogP contribution in [0.2, 0.25) is 0 Å². The molecular formula is C14H13N3O2. The Labute approximate surface area is 111 Å². The summed E-state index contributed by atoms with van der Waals surface area (Å²) in [6, 6.07) is 11.3. The molecule has 5 nitrogen and oxygen atoms in total. The lowest BCUT2D eigenvalue weighted by atomic mass is 10.2. The van der Waals surface area contributed by atoms with Gasteiger partial charge < -0.3 is 9.42 Å². The summed E-state index contributed by atoms with van der Waals surface area (Å²) in [5.41, 5.74) is 1.17. The number of hydrogen-bond acceptors (Lipinski definition) is 4. The fraction of sp³-hybridized carbons (Fsp3) is 0.214. The maximum atomic E-state index is 12.4. The predicted octanol–water partition coefficient (Wildman–Crippen LogP) is 2.54. The van der Waals surface area contributed by atoms with Gasteiger partial charge in [-0.05, 0) is 19.1 Å². The Morgan fingerprint density at radius 1 is 1.42 bits per heavy atom. The molecule has 0 aliphatic heterocycles. The summed E-state index contributed by atoms with van der Waals surface area (Å²) in [7, 11) is 0. The number of nitrogens with zero attached hydrogens (tertiary/aromatic N) is 3. The molecule has 1 aromatic heterocycles. The van der Waals surface area contributed by atoms with E-state index in [4.69, 9.17) is 9.78 Å². The van der Waals surface area contributed by atoms with Crippen molar-refractivity contribution in [2.45, 2.75) is 13.3 Å². The van der Waals surface area contributed by atoms with Crippen molar-refractivity contribution < 1.29 is 9.32 Å². The summed E-state index contributed by atoms with van der Waals surface area (Å²) in [5, 5.41) is 12.3. The van der Waals surface area contributed by atoms with E-state index >= 15 is 0 Å². The number of amides is 1. The van der Waals surface area contributed by atoms with Crippen LogP contribution in [0, 0.1) is 18.3 Å². The Kier molecular flexibility index (Phi) is 3.94. The molecule has 0 atom stereocenters. The van der Waals surface area contributed by atoms with Gasteiger partial charge in [-0.15, -0.1) is 0 Å². The second kappa shape index (κ2) is 5.83.